The van der Waals surface area contributed by atoms with E-state index in [2.05, 4.69) is 15.4 Å². The minimum atomic E-state index is -0.781. The molecule has 1 amide bonds. The molecule has 10 heteroatoms. The largest absolute Gasteiger partial charge is 0.479 e. The Labute approximate surface area is 149 Å². The van der Waals surface area contributed by atoms with E-state index in [-0.39, 0.29) is 24.9 Å². The van der Waals surface area contributed by atoms with E-state index < -0.39 is 6.10 Å². The summed E-state index contributed by atoms with van der Waals surface area (Å²) in [6, 6.07) is 4.77. The third-order valence-electron chi connectivity index (χ3n) is 2.79. The SMILES string of the molecule is C[C@H](Oc1ccc(Cl)cc1Cl)C(=O)Nc1nc(CN)nn1C.Cl. The predicted molar refractivity (Wildman–Crippen MR) is 91.3 cm³/mol. The molecule has 1 heterocycles. The average molecular weight is 381 g/mol. The van der Waals surface area contributed by atoms with Gasteiger partial charge in [0.25, 0.3) is 5.91 Å². The molecule has 0 aliphatic heterocycles. The van der Waals surface area contributed by atoms with Crippen LogP contribution in [0.3, 0.4) is 0 Å². The summed E-state index contributed by atoms with van der Waals surface area (Å²) in [4.78, 5) is 16.2. The van der Waals surface area contributed by atoms with Crippen molar-refractivity contribution in [2.24, 2.45) is 12.8 Å². The summed E-state index contributed by atoms with van der Waals surface area (Å²) in [5.41, 5.74) is 5.45. The van der Waals surface area contributed by atoms with E-state index in [4.69, 9.17) is 33.7 Å². The number of carbonyl (C=O) groups excluding carboxylic acids is 1. The van der Waals surface area contributed by atoms with Crippen molar-refractivity contribution in [3.63, 3.8) is 0 Å². The second kappa shape index (κ2) is 8.35. The Hall–Kier alpha value is -1.54. The Kier molecular flexibility index (Phi) is 7.08. The molecule has 126 valence electrons. The Morgan fingerprint density at radius 1 is 1.48 bits per heavy atom. The second-order valence-electron chi connectivity index (χ2n) is 4.50. The highest BCUT2D eigenvalue weighted by Gasteiger charge is 2.19. The summed E-state index contributed by atoms with van der Waals surface area (Å²) in [5.74, 6) is 0.717. The van der Waals surface area contributed by atoms with Gasteiger partial charge in [0, 0.05) is 12.1 Å². The molecule has 1 aromatic heterocycles. The predicted octanol–water partition coefficient (Wildman–Crippen LogP) is 2.41. The van der Waals surface area contributed by atoms with Gasteiger partial charge in [0.05, 0.1) is 11.6 Å². The summed E-state index contributed by atoms with van der Waals surface area (Å²) < 4.78 is 6.95. The van der Waals surface area contributed by atoms with Gasteiger partial charge in [-0.2, -0.15) is 10.1 Å². The standard InChI is InChI=1S/C13H15Cl2N5O2.ClH/c1-7(22-10-4-3-8(14)5-9(10)15)12(21)18-13-17-11(6-16)19-20(13)2;/h3-5,7H,6,16H2,1-2H3,(H,17,18,19,21);1H/t7-;/m0./s1. The van der Waals surface area contributed by atoms with E-state index in [1.165, 1.54) is 4.68 Å². The zero-order chi connectivity index (χ0) is 16.3. The fourth-order valence-electron chi connectivity index (χ4n) is 1.66. The number of halogens is 3. The second-order valence-corrected chi connectivity index (χ2v) is 5.35. The summed E-state index contributed by atoms with van der Waals surface area (Å²) >= 11 is 11.8. The zero-order valence-electron chi connectivity index (χ0n) is 12.4. The molecule has 1 atom stereocenters. The van der Waals surface area contributed by atoms with Crippen molar-refractivity contribution in [1.82, 2.24) is 14.8 Å². The highest BCUT2D eigenvalue weighted by molar-refractivity contribution is 6.35. The molecule has 23 heavy (non-hydrogen) atoms. The topological polar surface area (TPSA) is 95.1 Å². The summed E-state index contributed by atoms with van der Waals surface area (Å²) in [5, 5.41) is 7.47. The number of anilines is 1. The number of nitrogens with one attached hydrogen (secondary N) is 1. The van der Waals surface area contributed by atoms with E-state index in [9.17, 15) is 4.79 Å². The van der Waals surface area contributed by atoms with Crippen molar-refractivity contribution in [3.05, 3.63) is 34.1 Å². The number of hydrogen-bond acceptors (Lipinski definition) is 5. The maximum atomic E-state index is 12.1. The van der Waals surface area contributed by atoms with Gasteiger partial charge < -0.3 is 10.5 Å². The van der Waals surface area contributed by atoms with Crippen molar-refractivity contribution in [3.8, 4) is 5.75 Å². The first-order valence-corrected chi connectivity index (χ1v) is 7.19. The normalized spacial score (nSPS) is 11.5. The highest BCUT2D eigenvalue weighted by Crippen LogP contribution is 2.28. The van der Waals surface area contributed by atoms with Crippen LogP contribution in [0.15, 0.2) is 18.2 Å². The van der Waals surface area contributed by atoms with Crippen LogP contribution in [0.1, 0.15) is 12.7 Å². The third kappa shape index (κ3) is 4.97. The number of ether oxygens (including phenoxy) is 1. The Balaban J connectivity index is 0.00000264. The van der Waals surface area contributed by atoms with Crippen LogP contribution in [-0.2, 0) is 18.4 Å². The number of aromatic nitrogens is 3. The lowest BCUT2D eigenvalue weighted by Crippen LogP contribution is -2.31. The van der Waals surface area contributed by atoms with Gasteiger partial charge in [-0.3, -0.25) is 10.1 Å². The lowest BCUT2D eigenvalue weighted by Gasteiger charge is -2.15. The first-order valence-electron chi connectivity index (χ1n) is 6.43. The maximum Gasteiger partial charge on any atom is 0.267 e. The summed E-state index contributed by atoms with van der Waals surface area (Å²) in [7, 11) is 1.66. The molecule has 0 radical (unpaired) electrons. The monoisotopic (exact) mass is 379 g/mol. The lowest BCUT2D eigenvalue weighted by atomic mass is 10.3. The zero-order valence-corrected chi connectivity index (χ0v) is 14.7. The molecule has 1 aromatic carbocycles. The van der Waals surface area contributed by atoms with Crippen molar-refractivity contribution in [2.45, 2.75) is 19.6 Å². The maximum absolute atomic E-state index is 12.1. The van der Waals surface area contributed by atoms with E-state index in [1.807, 2.05) is 0 Å². The molecular weight excluding hydrogens is 365 g/mol. The summed E-state index contributed by atoms with van der Waals surface area (Å²) in [6.45, 7) is 1.79. The summed E-state index contributed by atoms with van der Waals surface area (Å²) in [6.07, 6.45) is -0.781. The van der Waals surface area contributed by atoms with Crippen LogP contribution in [0.25, 0.3) is 0 Å². The van der Waals surface area contributed by atoms with Crippen molar-refractivity contribution < 1.29 is 9.53 Å². The van der Waals surface area contributed by atoms with Gasteiger partial charge in [-0.15, -0.1) is 12.4 Å². The van der Waals surface area contributed by atoms with Crippen LogP contribution >= 0.6 is 35.6 Å². The van der Waals surface area contributed by atoms with Gasteiger partial charge in [-0.25, -0.2) is 4.68 Å². The quantitative estimate of drug-likeness (QED) is 0.830. The fraction of sp³-hybridized carbons (Fsp3) is 0.308. The smallest absolute Gasteiger partial charge is 0.267 e. The Bertz CT molecular complexity index is 692. The minimum absolute atomic E-state index is 0. The van der Waals surface area contributed by atoms with Crippen molar-refractivity contribution >= 4 is 47.5 Å². The van der Waals surface area contributed by atoms with Crippen molar-refractivity contribution in [2.75, 3.05) is 5.32 Å². The number of rotatable bonds is 5. The number of carbonyl (C=O) groups is 1. The molecule has 2 aromatic rings. The Morgan fingerprint density at radius 3 is 2.74 bits per heavy atom. The van der Waals surface area contributed by atoms with Gasteiger partial charge in [0.15, 0.2) is 11.9 Å². The first kappa shape index (κ1) is 19.5. The molecule has 7 nitrogen and oxygen atoms in total. The van der Waals surface area contributed by atoms with Gasteiger partial charge in [-0.1, -0.05) is 23.2 Å². The van der Waals surface area contributed by atoms with Crippen LogP contribution in [0, 0.1) is 0 Å². The molecule has 0 saturated heterocycles. The highest BCUT2D eigenvalue weighted by atomic mass is 35.5. The van der Waals surface area contributed by atoms with E-state index in [0.717, 1.165) is 0 Å². The molecule has 0 fully saturated rings. The Morgan fingerprint density at radius 2 is 2.17 bits per heavy atom. The number of nitrogens with two attached hydrogens (primary N) is 1. The fourth-order valence-corrected chi connectivity index (χ4v) is 2.11. The van der Waals surface area contributed by atoms with E-state index >= 15 is 0 Å². The third-order valence-corrected chi connectivity index (χ3v) is 3.32. The number of hydrogen-bond donors (Lipinski definition) is 2. The minimum Gasteiger partial charge on any atom is -0.479 e. The molecule has 0 bridgehead atoms. The average Bonchev–Trinajstić information content (AvgIpc) is 2.82. The van der Waals surface area contributed by atoms with Crippen molar-refractivity contribution in [1.29, 1.82) is 0 Å². The van der Waals surface area contributed by atoms with Crippen LogP contribution in [0.4, 0.5) is 5.95 Å². The molecule has 0 spiro atoms. The van der Waals surface area contributed by atoms with Crippen LogP contribution in [0.5, 0.6) is 5.75 Å². The lowest BCUT2D eigenvalue weighted by molar-refractivity contribution is -0.122. The van der Waals surface area contributed by atoms with Gasteiger partial charge in [-0.05, 0) is 25.1 Å². The molecule has 3 N–H and O–H groups in total. The molecule has 0 unspecified atom stereocenters. The molecule has 0 aliphatic rings. The number of benzene rings is 1. The molecular formula is C13H16Cl3N5O2. The molecule has 2 rings (SSSR count). The van der Waals surface area contributed by atoms with Gasteiger partial charge in [0.2, 0.25) is 5.95 Å². The van der Waals surface area contributed by atoms with Crippen LogP contribution < -0.4 is 15.8 Å². The van der Waals surface area contributed by atoms with Gasteiger partial charge in [0.1, 0.15) is 5.75 Å². The van der Waals surface area contributed by atoms with E-state index in [1.54, 1.807) is 32.2 Å². The number of nitrogens with zero attached hydrogens (tertiary/aromatic N) is 3. The molecule has 0 saturated carbocycles. The van der Waals surface area contributed by atoms with Crippen LogP contribution in [0.2, 0.25) is 10.0 Å². The first-order chi connectivity index (χ1) is 10.4. The van der Waals surface area contributed by atoms with E-state index in [0.29, 0.717) is 27.6 Å². The molecule has 0 aliphatic carbocycles. The number of amides is 1. The van der Waals surface area contributed by atoms with Crippen LogP contribution in [-0.4, -0.2) is 26.8 Å². The van der Waals surface area contributed by atoms with Gasteiger partial charge >= 0.3 is 0 Å². The number of aryl methyl sites for hydroxylation is 1.